The van der Waals surface area contributed by atoms with Crippen LogP contribution in [0.4, 0.5) is 0 Å². The zero-order valence-electron chi connectivity index (χ0n) is 13.1. The maximum Gasteiger partial charge on any atom is 0.157 e. The first kappa shape index (κ1) is 16.9. The minimum absolute atomic E-state index is 0.591. The summed E-state index contributed by atoms with van der Waals surface area (Å²) >= 11 is 1.91. The van der Waals surface area contributed by atoms with E-state index in [0.717, 1.165) is 6.54 Å². The molecule has 1 rings (SSSR count). The zero-order valence-corrected chi connectivity index (χ0v) is 13.9. The molecule has 2 atom stereocenters. The molecule has 0 bridgehead atoms. The zero-order chi connectivity index (χ0) is 13.9. The van der Waals surface area contributed by atoms with Gasteiger partial charge in [-0.1, -0.05) is 70.6 Å². The molecule has 0 radical (unpaired) electrons. The average Bonchev–Trinajstić information content (AvgIpc) is 2.36. The molecular weight excluding hydrogens is 252 g/mol. The molecule has 0 aliphatic carbocycles. The standard InChI is InChI=1S/C16H32N2S/c1-4-5-6-7-8-9-10-11-12-17-16-18-14(2)13-15(3)19-16/h14-15H,4-13H2,1-3H3,(H,17,18). The molecule has 0 aromatic heterocycles. The van der Waals surface area contributed by atoms with Gasteiger partial charge in [-0.15, -0.1) is 0 Å². The molecule has 1 saturated heterocycles. The SMILES string of the molecule is CCCCCCCCCCN=C1NC(C)CC(C)S1. The van der Waals surface area contributed by atoms with Gasteiger partial charge in [0.25, 0.3) is 0 Å². The predicted octanol–water partition coefficient (Wildman–Crippen LogP) is 4.99. The number of nitrogens with zero attached hydrogens (tertiary/aromatic N) is 1. The maximum atomic E-state index is 4.70. The lowest BCUT2D eigenvalue weighted by Crippen LogP contribution is -2.38. The highest BCUT2D eigenvalue weighted by Gasteiger charge is 2.19. The Bertz CT molecular complexity index is 241. The van der Waals surface area contributed by atoms with Crippen molar-refractivity contribution >= 4 is 16.9 Å². The number of nitrogens with one attached hydrogen (secondary N) is 1. The van der Waals surface area contributed by atoms with Crippen molar-refractivity contribution in [3.8, 4) is 0 Å². The lowest BCUT2D eigenvalue weighted by molar-refractivity contribution is 0.576. The summed E-state index contributed by atoms with van der Waals surface area (Å²) in [4.78, 5) is 4.70. The Balaban J connectivity index is 1.97. The second kappa shape index (κ2) is 10.6. The van der Waals surface area contributed by atoms with Gasteiger partial charge in [0.05, 0.1) is 0 Å². The van der Waals surface area contributed by atoms with Crippen LogP contribution in [-0.4, -0.2) is 23.0 Å². The van der Waals surface area contributed by atoms with E-state index in [9.17, 15) is 0 Å². The van der Waals surface area contributed by atoms with Gasteiger partial charge in [-0.3, -0.25) is 4.99 Å². The third-order valence-electron chi connectivity index (χ3n) is 3.64. The minimum Gasteiger partial charge on any atom is -0.362 e. The molecular formula is C16H32N2S. The van der Waals surface area contributed by atoms with Crippen LogP contribution in [0.15, 0.2) is 4.99 Å². The van der Waals surface area contributed by atoms with E-state index in [1.54, 1.807) is 0 Å². The Morgan fingerprint density at radius 3 is 2.32 bits per heavy atom. The number of amidine groups is 1. The second-order valence-electron chi connectivity index (χ2n) is 5.87. The number of hydrogen-bond acceptors (Lipinski definition) is 2. The Hall–Kier alpha value is -0.180. The quantitative estimate of drug-likeness (QED) is 0.603. The third kappa shape index (κ3) is 8.56. The fourth-order valence-electron chi connectivity index (χ4n) is 2.55. The lowest BCUT2D eigenvalue weighted by Gasteiger charge is -2.26. The van der Waals surface area contributed by atoms with Crippen LogP contribution in [0.3, 0.4) is 0 Å². The molecule has 1 fully saturated rings. The molecule has 3 heteroatoms. The summed E-state index contributed by atoms with van der Waals surface area (Å²) in [6.45, 7) is 7.83. The largest absolute Gasteiger partial charge is 0.362 e. The summed E-state index contributed by atoms with van der Waals surface area (Å²) in [5.41, 5.74) is 0. The summed E-state index contributed by atoms with van der Waals surface area (Å²) < 4.78 is 0. The first-order valence-electron chi connectivity index (χ1n) is 8.20. The van der Waals surface area contributed by atoms with Gasteiger partial charge in [0.15, 0.2) is 5.17 Å². The first-order valence-corrected chi connectivity index (χ1v) is 9.08. The van der Waals surface area contributed by atoms with Gasteiger partial charge >= 0.3 is 0 Å². The van der Waals surface area contributed by atoms with E-state index < -0.39 is 0 Å². The Morgan fingerprint density at radius 1 is 1.05 bits per heavy atom. The van der Waals surface area contributed by atoms with Crippen molar-refractivity contribution in [3.05, 3.63) is 0 Å². The molecule has 112 valence electrons. The van der Waals surface area contributed by atoms with Gasteiger partial charge in [-0.05, 0) is 19.8 Å². The summed E-state index contributed by atoms with van der Waals surface area (Å²) in [6, 6.07) is 0.591. The van der Waals surface area contributed by atoms with Gasteiger partial charge in [-0.25, -0.2) is 0 Å². The van der Waals surface area contributed by atoms with E-state index in [1.165, 1.54) is 63.0 Å². The molecule has 19 heavy (non-hydrogen) atoms. The Kier molecular flexibility index (Phi) is 9.40. The number of aliphatic imine (C=N–C) groups is 1. The molecule has 0 aromatic rings. The molecule has 1 aliphatic rings. The van der Waals surface area contributed by atoms with Crippen LogP contribution in [0.1, 0.15) is 78.6 Å². The maximum absolute atomic E-state index is 4.70. The van der Waals surface area contributed by atoms with Gasteiger partial charge in [-0.2, -0.15) is 0 Å². The molecule has 1 N–H and O–H groups in total. The van der Waals surface area contributed by atoms with Crippen LogP contribution in [0, 0.1) is 0 Å². The van der Waals surface area contributed by atoms with Crippen LogP contribution < -0.4 is 5.32 Å². The van der Waals surface area contributed by atoms with Crippen molar-refractivity contribution < 1.29 is 0 Å². The van der Waals surface area contributed by atoms with Crippen LogP contribution in [0.5, 0.6) is 0 Å². The highest BCUT2D eigenvalue weighted by atomic mass is 32.2. The molecule has 0 saturated carbocycles. The van der Waals surface area contributed by atoms with Crippen LogP contribution in [0.25, 0.3) is 0 Å². The van der Waals surface area contributed by atoms with Gasteiger partial charge < -0.3 is 5.32 Å². The van der Waals surface area contributed by atoms with Crippen molar-refractivity contribution in [3.63, 3.8) is 0 Å². The summed E-state index contributed by atoms with van der Waals surface area (Å²) in [7, 11) is 0. The van der Waals surface area contributed by atoms with Gasteiger partial charge in [0.2, 0.25) is 0 Å². The number of thioether (sulfide) groups is 1. The smallest absolute Gasteiger partial charge is 0.157 e. The highest BCUT2D eigenvalue weighted by molar-refractivity contribution is 8.14. The molecule has 1 heterocycles. The van der Waals surface area contributed by atoms with E-state index in [-0.39, 0.29) is 0 Å². The third-order valence-corrected chi connectivity index (χ3v) is 4.70. The molecule has 2 nitrogen and oxygen atoms in total. The monoisotopic (exact) mass is 284 g/mol. The van der Waals surface area contributed by atoms with Crippen molar-refractivity contribution in [2.24, 2.45) is 4.99 Å². The number of unbranched alkanes of at least 4 members (excludes halogenated alkanes) is 7. The topological polar surface area (TPSA) is 24.4 Å². The lowest BCUT2D eigenvalue weighted by atomic mass is 10.1. The van der Waals surface area contributed by atoms with Gasteiger partial charge in [0, 0.05) is 17.8 Å². The summed E-state index contributed by atoms with van der Waals surface area (Å²) in [5, 5.41) is 5.38. The first-order chi connectivity index (χ1) is 9.22. The Labute approximate surface area is 124 Å². The van der Waals surface area contributed by atoms with Crippen molar-refractivity contribution in [2.45, 2.75) is 89.9 Å². The molecule has 1 aliphatic heterocycles. The van der Waals surface area contributed by atoms with Gasteiger partial charge in [0.1, 0.15) is 0 Å². The normalized spacial score (nSPS) is 25.5. The van der Waals surface area contributed by atoms with E-state index in [1.807, 2.05) is 11.8 Å². The molecule has 2 unspecified atom stereocenters. The van der Waals surface area contributed by atoms with Crippen molar-refractivity contribution in [2.75, 3.05) is 6.54 Å². The number of rotatable bonds is 9. The van der Waals surface area contributed by atoms with E-state index in [0.29, 0.717) is 11.3 Å². The number of hydrogen-bond donors (Lipinski definition) is 1. The highest BCUT2D eigenvalue weighted by Crippen LogP contribution is 2.22. The summed E-state index contributed by atoms with van der Waals surface area (Å²) in [6.07, 6.45) is 12.3. The minimum atomic E-state index is 0.591. The fraction of sp³-hybridized carbons (Fsp3) is 0.938. The predicted molar refractivity (Wildman–Crippen MR) is 89.2 cm³/mol. The van der Waals surface area contributed by atoms with E-state index in [4.69, 9.17) is 4.99 Å². The van der Waals surface area contributed by atoms with Crippen LogP contribution in [-0.2, 0) is 0 Å². The van der Waals surface area contributed by atoms with Crippen LogP contribution >= 0.6 is 11.8 Å². The van der Waals surface area contributed by atoms with Crippen molar-refractivity contribution in [1.29, 1.82) is 0 Å². The summed E-state index contributed by atoms with van der Waals surface area (Å²) in [5.74, 6) is 0. The van der Waals surface area contributed by atoms with E-state index in [2.05, 4.69) is 26.1 Å². The van der Waals surface area contributed by atoms with Crippen molar-refractivity contribution in [1.82, 2.24) is 5.32 Å². The molecule has 0 amide bonds. The fourth-order valence-corrected chi connectivity index (χ4v) is 3.75. The van der Waals surface area contributed by atoms with E-state index >= 15 is 0 Å². The second-order valence-corrected chi connectivity index (χ2v) is 7.30. The molecule has 0 spiro atoms. The average molecular weight is 285 g/mol. The van der Waals surface area contributed by atoms with Crippen LogP contribution in [0.2, 0.25) is 0 Å². The Morgan fingerprint density at radius 2 is 1.68 bits per heavy atom. The molecule has 0 aromatic carbocycles.